The van der Waals surface area contributed by atoms with Gasteiger partial charge in [0, 0.05) is 31.9 Å². The molecule has 2 aliphatic rings. The summed E-state index contributed by atoms with van der Waals surface area (Å²) in [5.41, 5.74) is 2.86. The number of fused-ring (bicyclic) bond motifs is 1. The lowest BCUT2D eigenvalue weighted by Gasteiger charge is -2.27. The zero-order valence-electron chi connectivity index (χ0n) is 10.7. The van der Waals surface area contributed by atoms with Crippen LogP contribution in [0.4, 0.5) is 5.69 Å². The number of carbonyl (C=O) groups is 2. The van der Waals surface area contributed by atoms with Crippen LogP contribution in [-0.2, 0) is 22.4 Å². The van der Waals surface area contributed by atoms with Crippen LogP contribution in [0.25, 0.3) is 0 Å². The van der Waals surface area contributed by atoms with E-state index < -0.39 is 0 Å². The van der Waals surface area contributed by atoms with E-state index >= 15 is 0 Å². The second-order valence-electron chi connectivity index (χ2n) is 5.02. The topological polar surface area (TPSA) is 61.4 Å². The number of nitrogens with one attached hydrogen (secondary N) is 2. The molecule has 1 fully saturated rings. The van der Waals surface area contributed by atoms with E-state index in [2.05, 4.69) is 10.6 Å². The smallest absolute Gasteiger partial charge is 0.228 e. The van der Waals surface area contributed by atoms with Gasteiger partial charge in [-0.1, -0.05) is 12.1 Å². The van der Waals surface area contributed by atoms with Gasteiger partial charge in [-0.2, -0.15) is 0 Å². The summed E-state index contributed by atoms with van der Waals surface area (Å²) in [6.45, 7) is 3.30. The van der Waals surface area contributed by atoms with Crippen LogP contribution in [0.5, 0.6) is 0 Å². The van der Waals surface area contributed by atoms with Crippen molar-refractivity contribution < 1.29 is 9.59 Å². The van der Waals surface area contributed by atoms with E-state index in [-0.39, 0.29) is 11.8 Å². The Morgan fingerprint density at radius 1 is 1.26 bits per heavy atom. The van der Waals surface area contributed by atoms with Crippen LogP contribution in [0.3, 0.4) is 0 Å². The molecule has 2 amide bonds. The lowest BCUT2D eigenvalue weighted by molar-refractivity contribution is -0.131. The average Bonchev–Trinajstić information content (AvgIpc) is 2.79. The van der Waals surface area contributed by atoms with Gasteiger partial charge in [0.25, 0.3) is 0 Å². The van der Waals surface area contributed by atoms with Crippen LogP contribution in [0.15, 0.2) is 18.2 Å². The molecule has 0 radical (unpaired) electrons. The third-order valence-electron chi connectivity index (χ3n) is 3.62. The third kappa shape index (κ3) is 2.61. The van der Waals surface area contributed by atoms with E-state index in [1.54, 1.807) is 0 Å². The Morgan fingerprint density at radius 3 is 2.84 bits per heavy atom. The molecule has 19 heavy (non-hydrogen) atoms. The van der Waals surface area contributed by atoms with Gasteiger partial charge in [0.2, 0.25) is 11.8 Å². The highest BCUT2D eigenvalue weighted by atomic mass is 16.2. The number of rotatable bonds is 2. The number of benzene rings is 1. The lowest BCUT2D eigenvalue weighted by Crippen LogP contribution is -2.46. The van der Waals surface area contributed by atoms with Gasteiger partial charge in [0.15, 0.2) is 0 Å². The molecular weight excluding hydrogens is 242 g/mol. The Hall–Kier alpha value is -1.88. The molecular formula is C14H17N3O2. The van der Waals surface area contributed by atoms with Gasteiger partial charge in [-0.25, -0.2) is 0 Å². The standard InChI is InChI=1S/C14H17N3O2/c18-13-9-11-7-10(1-2-12(11)16-13)8-14(19)17-5-3-15-4-6-17/h1-2,7,15H,3-6,8-9H2,(H,16,18). The monoisotopic (exact) mass is 259 g/mol. The maximum absolute atomic E-state index is 12.1. The minimum Gasteiger partial charge on any atom is -0.340 e. The summed E-state index contributed by atoms with van der Waals surface area (Å²) < 4.78 is 0. The Labute approximate surface area is 112 Å². The Balaban J connectivity index is 1.68. The van der Waals surface area contributed by atoms with E-state index in [0.29, 0.717) is 12.8 Å². The first-order chi connectivity index (χ1) is 9.22. The highest BCUT2D eigenvalue weighted by molar-refractivity contribution is 5.99. The minimum atomic E-state index is 0.0283. The van der Waals surface area contributed by atoms with Gasteiger partial charge in [-0.3, -0.25) is 9.59 Å². The quantitative estimate of drug-likeness (QED) is 0.795. The Morgan fingerprint density at radius 2 is 2.05 bits per heavy atom. The van der Waals surface area contributed by atoms with Crippen molar-refractivity contribution in [3.63, 3.8) is 0 Å². The molecule has 3 rings (SSSR count). The van der Waals surface area contributed by atoms with Gasteiger partial charge < -0.3 is 15.5 Å². The normalized spacial score (nSPS) is 18.1. The summed E-state index contributed by atoms with van der Waals surface area (Å²) in [5, 5.41) is 6.03. The van der Waals surface area contributed by atoms with Crippen molar-refractivity contribution >= 4 is 17.5 Å². The Kier molecular flexibility index (Phi) is 3.21. The van der Waals surface area contributed by atoms with E-state index in [1.165, 1.54) is 0 Å². The molecule has 0 spiro atoms. The first kappa shape index (κ1) is 12.2. The molecule has 2 aliphatic heterocycles. The van der Waals surface area contributed by atoms with Crippen molar-refractivity contribution in [1.29, 1.82) is 0 Å². The molecule has 0 unspecified atom stereocenters. The van der Waals surface area contributed by atoms with Crippen LogP contribution >= 0.6 is 0 Å². The summed E-state index contributed by atoms with van der Waals surface area (Å²) >= 11 is 0. The molecule has 0 saturated carbocycles. The number of hydrogen-bond acceptors (Lipinski definition) is 3. The fourth-order valence-corrected chi connectivity index (χ4v) is 2.59. The molecule has 100 valence electrons. The van der Waals surface area contributed by atoms with E-state index in [9.17, 15) is 9.59 Å². The summed E-state index contributed by atoms with van der Waals surface area (Å²) in [6.07, 6.45) is 0.840. The molecule has 0 aliphatic carbocycles. The van der Waals surface area contributed by atoms with Gasteiger partial charge in [0.1, 0.15) is 0 Å². The molecule has 0 atom stereocenters. The molecule has 2 heterocycles. The number of carbonyl (C=O) groups excluding carboxylic acids is 2. The maximum atomic E-state index is 12.1. The second kappa shape index (κ2) is 5.01. The summed E-state index contributed by atoms with van der Waals surface area (Å²) in [5.74, 6) is 0.194. The molecule has 5 heteroatoms. The number of anilines is 1. The Bertz CT molecular complexity index is 521. The van der Waals surface area contributed by atoms with Crippen LogP contribution in [0.1, 0.15) is 11.1 Å². The van der Waals surface area contributed by atoms with E-state index in [4.69, 9.17) is 0 Å². The van der Waals surface area contributed by atoms with Crippen LogP contribution < -0.4 is 10.6 Å². The number of nitrogens with zero attached hydrogens (tertiary/aromatic N) is 1. The van der Waals surface area contributed by atoms with Crippen LogP contribution in [0, 0.1) is 0 Å². The SMILES string of the molecule is O=C1Cc2cc(CC(=O)N3CCNCC3)ccc2N1. The zero-order valence-corrected chi connectivity index (χ0v) is 10.7. The molecule has 1 saturated heterocycles. The van der Waals surface area contributed by atoms with Crippen molar-refractivity contribution in [3.8, 4) is 0 Å². The molecule has 1 aromatic rings. The summed E-state index contributed by atoms with van der Waals surface area (Å²) in [7, 11) is 0. The molecule has 0 bridgehead atoms. The lowest BCUT2D eigenvalue weighted by atomic mass is 10.1. The van der Waals surface area contributed by atoms with Gasteiger partial charge >= 0.3 is 0 Å². The van der Waals surface area contributed by atoms with E-state index in [0.717, 1.165) is 43.0 Å². The minimum absolute atomic E-state index is 0.0283. The second-order valence-corrected chi connectivity index (χ2v) is 5.02. The molecule has 0 aromatic heterocycles. The van der Waals surface area contributed by atoms with Crippen molar-refractivity contribution in [2.45, 2.75) is 12.8 Å². The largest absolute Gasteiger partial charge is 0.340 e. The summed E-state index contributed by atoms with van der Waals surface area (Å²) in [6, 6.07) is 5.78. The van der Waals surface area contributed by atoms with Crippen molar-refractivity contribution in [1.82, 2.24) is 10.2 Å². The average molecular weight is 259 g/mol. The third-order valence-corrected chi connectivity index (χ3v) is 3.62. The highest BCUT2D eigenvalue weighted by Gasteiger charge is 2.20. The number of hydrogen-bond donors (Lipinski definition) is 2. The first-order valence-corrected chi connectivity index (χ1v) is 6.62. The molecule has 5 nitrogen and oxygen atoms in total. The van der Waals surface area contributed by atoms with Gasteiger partial charge in [-0.15, -0.1) is 0 Å². The maximum Gasteiger partial charge on any atom is 0.228 e. The zero-order chi connectivity index (χ0) is 13.2. The van der Waals surface area contributed by atoms with E-state index in [1.807, 2.05) is 23.1 Å². The van der Waals surface area contributed by atoms with Crippen molar-refractivity contribution in [2.24, 2.45) is 0 Å². The van der Waals surface area contributed by atoms with Crippen molar-refractivity contribution in [2.75, 3.05) is 31.5 Å². The van der Waals surface area contributed by atoms with Crippen LogP contribution in [-0.4, -0.2) is 42.9 Å². The fourth-order valence-electron chi connectivity index (χ4n) is 2.59. The van der Waals surface area contributed by atoms with Gasteiger partial charge in [0.05, 0.1) is 12.8 Å². The fraction of sp³-hybridized carbons (Fsp3) is 0.429. The molecule has 2 N–H and O–H groups in total. The number of piperazine rings is 1. The first-order valence-electron chi connectivity index (χ1n) is 6.62. The predicted octanol–water partition coefficient (Wildman–Crippen LogP) is 0.156. The van der Waals surface area contributed by atoms with Crippen molar-refractivity contribution in [3.05, 3.63) is 29.3 Å². The van der Waals surface area contributed by atoms with Gasteiger partial charge in [-0.05, 0) is 17.2 Å². The highest BCUT2D eigenvalue weighted by Crippen LogP contribution is 2.24. The summed E-state index contributed by atoms with van der Waals surface area (Å²) in [4.78, 5) is 25.3. The predicted molar refractivity (Wildman–Crippen MR) is 71.9 cm³/mol. The van der Waals surface area contributed by atoms with Crippen LogP contribution in [0.2, 0.25) is 0 Å². The number of amides is 2. The molecule has 1 aromatic carbocycles.